The first-order chi connectivity index (χ1) is 9.11. The van der Waals surface area contributed by atoms with E-state index >= 15 is 0 Å². The quantitative estimate of drug-likeness (QED) is 0.843. The number of amides is 1. The fraction of sp³-hybridized carbons (Fsp3) is 0.286. The van der Waals surface area contributed by atoms with Crippen molar-refractivity contribution in [1.82, 2.24) is 10.3 Å². The first kappa shape index (κ1) is 13.5. The molecule has 0 aliphatic carbocycles. The van der Waals surface area contributed by atoms with Gasteiger partial charge in [-0.05, 0) is 37.1 Å². The van der Waals surface area contributed by atoms with Gasteiger partial charge in [0.2, 0.25) is 0 Å². The molecule has 5 heteroatoms. The molecule has 1 heterocycles. The van der Waals surface area contributed by atoms with Crippen LogP contribution in [0.25, 0.3) is 0 Å². The number of aryl methyl sites for hydroxylation is 1. The molecule has 100 valence electrons. The van der Waals surface area contributed by atoms with E-state index in [1.165, 1.54) is 0 Å². The highest BCUT2D eigenvalue weighted by Crippen LogP contribution is 2.20. The zero-order valence-electron chi connectivity index (χ0n) is 11.0. The maximum absolute atomic E-state index is 12.2. The van der Waals surface area contributed by atoms with Gasteiger partial charge in [-0.3, -0.25) is 4.79 Å². The minimum atomic E-state index is -0.0925. The molecule has 0 bridgehead atoms. The van der Waals surface area contributed by atoms with Gasteiger partial charge in [-0.1, -0.05) is 6.92 Å². The highest BCUT2D eigenvalue weighted by molar-refractivity contribution is 7.09. The van der Waals surface area contributed by atoms with Gasteiger partial charge in [-0.15, -0.1) is 11.3 Å². The van der Waals surface area contributed by atoms with Crippen molar-refractivity contribution in [2.24, 2.45) is 0 Å². The lowest BCUT2D eigenvalue weighted by Gasteiger charge is -2.15. The zero-order chi connectivity index (χ0) is 13.8. The Hall–Kier alpha value is -1.88. The van der Waals surface area contributed by atoms with Crippen molar-refractivity contribution in [1.29, 1.82) is 0 Å². The van der Waals surface area contributed by atoms with Crippen molar-refractivity contribution >= 4 is 22.9 Å². The molecule has 0 saturated heterocycles. The summed E-state index contributed by atoms with van der Waals surface area (Å²) in [6, 6.07) is 5.27. The van der Waals surface area contributed by atoms with Crippen LogP contribution in [0, 0.1) is 6.92 Å². The van der Waals surface area contributed by atoms with Crippen LogP contribution in [0.4, 0.5) is 5.69 Å². The van der Waals surface area contributed by atoms with Crippen LogP contribution >= 0.6 is 11.3 Å². The van der Waals surface area contributed by atoms with Crippen LogP contribution in [-0.4, -0.2) is 10.9 Å². The molecule has 19 heavy (non-hydrogen) atoms. The number of benzene rings is 1. The van der Waals surface area contributed by atoms with Gasteiger partial charge in [0.25, 0.3) is 5.91 Å². The second-order valence-electron chi connectivity index (χ2n) is 4.38. The van der Waals surface area contributed by atoms with E-state index in [0.29, 0.717) is 11.3 Å². The number of thiazole rings is 1. The molecule has 0 radical (unpaired) electrons. The lowest BCUT2D eigenvalue weighted by Crippen LogP contribution is -2.28. The van der Waals surface area contributed by atoms with Gasteiger partial charge >= 0.3 is 0 Å². The summed E-state index contributed by atoms with van der Waals surface area (Å²) >= 11 is 1.55. The lowest BCUT2D eigenvalue weighted by atomic mass is 10.1. The van der Waals surface area contributed by atoms with E-state index in [-0.39, 0.29) is 11.9 Å². The second-order valence-corrected chi connectivity index (χ2v) is 5.30. The summed E-state index contributed by atoms with van der Waals surface area (Å²) in [6.07, 6.45) is 2.56. The highest BCUT2D eigenvalue weighted by atomic mass is 32.1. The van der Waals surface area contributed by atoms with E-state index in [0.717, 1.165) is 17.0 Å². The van der Waals surface area contributed by atoms with E-state index < -0.39 is 0 Å². The highest BCUT2D eigenvalue weighted by Gasteiger charge is 2.16. The average Bonchev–Trinajstić information content (AvgIpc) is 2.92. The Morgan fingerprint density at radius 1 is 1.53 bits per heavy atom. The molecule has 1 aromatic carbocycles. The van der Waals surface area contributed by atoms with Crippen molar-refractivity contribution in [3.8, 4) is 0 Å². The van der Waals surface area contributed by atoms with Crippen LogP contribution in [0.15, 0.2) is 29.8 Å². The van der Waals surface area contributed by atoms with Gasteiger partial charge in [-0.2, -0.15) is 0 Å². The molecular weight excluding hydrogens is 258 g/mol. The van der Waals surface area contributed by atoms with Gasteiger partial charge in [0.15, 0.2) is 0 Å². The number of rotatable bonds is 4. The molecule has 1 aromatic heterocycles. The fourth-order valence-electron chi connectivity index (χ4n) is 1.80. The maximum Gasteiger partial charge on any atom is 0.251 e. The van der Waals surface area contributed by atoms with Crippen LogP contribution in [-0.2, 0) is 0 Å². The molecule has 0 aliphatic rings. The summed E-state index contributed by atoms with van der Waals surface area (Å²) in [5.74, 6) is -0.0925. The number of aromatic nitrogens is 1. The van der Waals surface area contributed by atoms with E-state index in [1.54, 1.807) is 35.7 Å². The monoisotopic (exact) mass is 275 g/mol. The molecule has 0 saturated carbocycles. The minimum absolute atomic E-state index is 0.0367. The molecular formula is C14H17N3OS. The van der Waals surface area contributed by atoms with Crippen LogP contribution in [0.5, 0.6) is 0 Å². The van der Waals surface area contributed by atoms with Crippen LogP contribution in [0.3, 0.4) is 0 Å². The Bertz CT molecular complexity index is 566. The van der Waals surface area contributed by atoms with Gasteiger partial charge < -0.3 is 11.1 Å². The van der Waals surface area contributed by atoms with E-state index in [9.17, 15) is 4.79 Å². The molecule has 1 amide bonds. The Balaban J connectivity index is 2.13. The summed E-state index contributed by atoms with van der Waals surface area (Å²) in [4.78, 5) is 16.4. The Morgan fingerprint density at radius 2 is 2.32 bits per heavy atom. The number of nitrogens with two attached hydrogens (primary N) is 1. The SMILES string of the molecule is CCC(NC(=O)c1ccc(N)c(C)c1)c1nccs1. The molecule has 1 atom stereocenters. The van der Waals surface area contributed by atoms with Gasteiger partial charge in [0, 0.05) is 22.8 Å². The molecule has 2 rings (SSSR count). The predicted octanol–water partition coefficient (Wildman–Crippen LogP) is 2.91. The second kappa shape index (κ2) is 5.84. The summed E-state index contributed by atoms with van der Waals surface area (Å²) in [7, 11) is 0. The molecule has 3 N–H and O–H groups in total. The summed E-state index contributed by atoms with van der Waals surface area (Å²) in [6.45, 7) is 3.92. The zero-order valence-corrected chi connectivity index (χ0v) is 11.8. The van der Waals surface area contributed by atoms with Gasteiger partial charge in [0.1, 0.15) is 5.01 Å². The maximum atomic E-state index is 12.2. The molecule has 2 aromatic rings. The smallest absolute Gasteiger partial charge is 0.251 e. The Morgan fingerprint density at radius 3 is 2.89 bits per heavy atom. The summed E-state index contributed by atoms with van der Waals surface area (Å²) in [5.41, 5.74) is 7.99. The Kier molecular flexibility index (Phi) is 4.16. The minimum Gasteiger partial charge on any atom is -0.399 e. The summed E-state index contributed by atoms with van der Waals surface area (Å²) in [5, 5.41) is 5.85. The largest absolute Gasteiger partial charge is 0.399 e. The van der Waals surface area contributed by atoms with Crippen molar-refractivity contribution in [3.05, 3.63) is 45.9 Å². The van der Waals surface area contributed by atoms with Crippen LogP contribution < -0.4 is 11.1 Å². The third kappa shape index (κ3) is 3.12. The van der Waals surface area contributed by atoms with E-state index in [2.05, 4.69) is 10.3 Å². The number of anilines is 1. The molecule has 1 unspecified atom stereocenters. The van der Waals surface area contributed by atoms with Gasteiger partial charge in [-0.25, -0.2) is 4.98 Å². The molecule has 0 spiro atoms. The Labute approximate surface area is 116 Å². The van der Waals surface area contributed by atoms with E-state index in [4.69, 9.17) is 5.73 Å². The topological polar surface area (TPSA) is 68.0 Å². The normalized spacial score (nSPS) is 12.1. The van der Waals surface area contributed by atoms with Gasteiger partial charge in [0.05, 0.1) is 6.04 Å². The molecule has 4 nitrogen and oxygen atoms in total. The predicted molar refractivity (Wildman–Crippen MR) is 78.2 cm³/mol. The van der Waals surface area contributed by atoms with Crippen molar-refractivity contribution in [2.75, 3.05) is 5.73 Å². The molecule has 0 fully saturated rings. The number of hydrogen-bond donors (Lipinski definition) is 2. The summed E-state index contributed by atoms with van der Waals surface area (Å²) < 4.78 is 0. The number of carbonyl (C=O) groups excluding carboxylic acids is 1. The van der Waals surface area contributed by atoms with Crippen LogP contribution in [0.2, 0.25) is 0 Å². The third-order valence-electron chi connectivity index (χ3n) is 3.00. The first-order valence-corrected chi connectivity index (χ1v) is 7.06. The first-order valence-electron chi connectivity index (χ1n) is 6.18. The van der Waals surface area contributed by atoms with E-state index in [1.807, 2.05) is 19.2 Å². The standard InChI is InChI=1S/C14H17N3OS/c1-3-12(14-16-6-7-19-14)17-13(18)10-4-5-11(15)9(2)8-10/h4-8,12H,3,15H2,1-2H3,(H,17,18). The third-order valence-corrected chi connectivity index (χ3v) is 3.88. The molecule has 0 aliphatic heterocycles. The van der Waals surface area contributed by atoms with Crippen molar-refractivity contribution in [2.45, 2.75) is 26.3 Å². The number of nitrogens with zero attached hydrogens (tertiary/aromatic N) is 1. The van der Waals surface area contributed by atoms with Crippen molar-refractivity contribution in [3.63, 3.8) is 0 Å². The lowest BCUT2D eigenvalue weighted by molar-refractivity contribution is 0.0935. The number of hydrogen-bond acceptors (Lipinski definition) is 4. The average molecular weight is 275 g/mol. The number of nitrogen functional groups attached to an aromatic ring is 1. The van der Waals surface area contributed by atoms with Crippen LogP contribution in [0.1, 0.15) is 40.3 Å². The van der Waals surface area contributed by atoms with Crippen molar-refractivity contribution < 1.29 is 4.79 Å². The number of nitrogens with one attached hydrogen (secondary N) is 1. The fourth-order valence-corrected chi connectivity index (χ4v) is 2.58. The number of carbonyl (C=O) groups is 1.